The van der Waals surface area contributed by atoms with E-state index in [0.29, 0.717) is 0 Å². The Morgan fingerprint density at radius 2 is 1.88 bits per heavy atom. The van der Waals surface area contributed by atoms with Gasteiger partial charge in [-0.25, -0.2) is 13.6 Å². The van der Waals surface area contributed by atoms with Crippen molar-refractivity contribution in [2.45, 2.75) is 0 Å². The highest BCUT2D eigenvalue weighted by Crippen LogP contribution is 2.12. The molecule has 0 unspecified atom stereocenters. The second-order valence-electron chi connectivity index (χ2n) is 2.85. The maximum absolute atomic E-state index is 13.1. The van der Waals surface area contributed by atoms with E-state index in [2.05, 4.69) is 10.1 Å². The molecule has 0 saturated carbocycles. The van der Waals surface area contributed by atoms with Crippen LogP contribution in [-0.4, -0.2) is 25.5 Å². The van der Waals surface area contributed by atoms with Gasteiger partial charge in [-0.2, -0.15) is 0 Å². The summed E-state index contributed by atoms with van der Waals surface area (Å²) in [5.74, 6) is -3.83. The first-order valence-electron chi connectivity index (χ1n) is 4.38. The van der Waals surface area contributed by atoms with Crippen molar-refractivity contribution in [3.05, 3.63) is 35.4 Å². The monoisotopic (exact) mass is 229 g/mol. The minimum atomic E-state index is -1.21. The molecule has 0 heterocycles. The van der Waals surface area contributed by atoms with Gasteiger partial charge in [-0.3, -0.25) is 4.79 Å². The number of carbonyl (C=O) groups excluding carboxylic acids is 2. The van der Waals surface area contributed by atoms with Gasteiger partial charge in [0, 0.05) is 7.05 Å². The molecule has 0 aliphatic carbocycles. The lowest BCUT2D eigenvalue weighted by atomic mass is 10.2. The number of ether oxygens (including phenoxy) is 1. The zero-order chi connectivity index (χ0) is 12.1. The normalized spacial score (nSPS) is 9.69. The first-order valence-corrected chi connectivity index (χ1v) is 4.38. The number of amides is 1. The Morgan fingerprint density at radius 3 is 2.38 bits per heavy atom. The Labute approximate surface area is 90.2 Å². The summed E-state index contributed by atoms with van der Waals surface area (Å²) in [5.41, 5.74) is -0.800. The standard InChI is InChI=1S/C10H9F2NO3/c1-13-8(14)5-16-10(15)9-6(11)3-2-4-7(9)12/h2-4H,5H2,1H3,(H,13,14). The number of benzene rings is 1. The fourth-order valence-corrected chi connectivity index (χ4v) is 0.968. The van der Waals surface area contributed by atoms with Crippen molar-refractivity contribution in [2.75, 3.05) is 13.7 Å². The molecular formula is C10H9F2NO3. The zero-order valence-corrected chi connectivity index (χ0v) is 8.42. The average molecular weight is 229 g/mol. The largest absolute Gasteiger partial charge is 0.452 e. The number of hydrogen-bond donors (Lipinski definition) is 1. The Morgan fingerprint density at radius 1 is 1.31 bits per heavy atom. The van der Waals surface area contributed by atoms with Crippen LogP contribution in [0.4, 0.5) is 8.78 Å². The number of halogens is 2. The van der Waals surface area contributed by atoms with E-state index in [1.807, 2.05) is 0 Å². The minimum Gasteiger partial charge on any atom is -0.452 e. The van der Waals surface area contributed by atoms with Crippen molar-refractivity contribution in [1.82, 2.24) is 5.32 Å². The minimum absolute atomic E-state index is 0.565. The first-order chi connectivity index (χ1) is 7.56. The highest BCUT2D eigenvalue weighted by atomic mass is 19.1. The smallest absolute Gasteiger partial charge is 0.344 e. The molecule has 1 rings (SSSR count). The fourth-order valence-electron chi connectivity index (χ4n) is 0.968. The second-order valence-corrected chi connectivity index (χ2v) is 2.85. The molecule has 0 saturated heterocycles. The van der Waals surface area contributed by atoms with Gasteiger partial charge in [0.25, 0.3) is 5.91 Å². The Kier molecular flexibility index (Phi) is 3.93. The van der Waals surface area contributed by atoms with Crippen LogP contribution in [-0.2, 0) is 9.53 Å². The lowest BCUT2D eigenvalue weighted by Gasteiger charge is -2.05. The van der Waals surface area contributed by atoms with Gasteiger partial charge in [-0.05, 0) is 12.1 Å². The maximum atomic E-state index is 13.1. The molecule has 16 heavy (non-hydrogen) atoms. The number of rotatable bonds is 3. The lowest BCUT2D eigenvalue weighted by Crippen LogP contribution is -2.25. The third-order valence-corrected chi connectivity index (χ3v) is 1.78. The summed E-state index contributed by atoms with van der Waals surface area (Å²) >= 11 is 0. The number of esters is 1. The van der Waals surface area contributed by atoms with Crippen molar-refractivity contribution in [3.63, 3.8) is 0 Å². The quantitative estimate of drug-likeness (QED) is 0.782. The summed E-state index contributed by atoms with van der Waals surface area (Å²) in [6, 6.07) is 2.99. The zero-order valence-electron chi connectivity index (χ0n) is 8.42. The van der Waals surface area contributed by atoms with Gasteiger partial charge in [0.05, 0.1) is 0 Å². The van der Waals surface area contributed by atoms with Crippen LogP contribution < -0.4 is 5.32 Å². The number of nitrogens with one attached hydrogen (secondary N) is 1. The van der Waals surface area contributed by atoms with Crippen LogP contribution in [0, 0.1) is 11.6 Å². The molecule has 1 N–H and O–H groups in total. The van der Waals surface area contributed by atoms with Gasteiger partial charge >= 0.3 is 5.97 Å². The number of hydrogen-bond acceptors (Lipinski definition) is 3. The van der Waals surface area contributed by atoms with Crippen molar-refractivity contribution in [2.24, 2.45) is 0 Å². The van der Waals surface area contributed by atoms with E-state index in [-0.39, 0.29) is 0 Å². The first kappa shape index (κ1) is 12.1. The molecular weight excluding hydrogens is 220 g/mol. The molecule has 0 aliphatic rings. The van der Waals surface area contributed by atoms with Crippen molar-refractivity contribution < 1.29 is 23.1 Å². The van der Waals surface area contributed by atoms with Crippen LogP contribution in [0.3, 0.4) is 0 Å². The third kappa shape index (κ3) is 2.75. The van der Waals surface area contributed by atoms with Crippen LogP contribution in [0.15, 0.2) is 18.2 Å². The van der Waals surface area contributed by atoms with Crippen LogP contribution in [0.1, 0.15) is 10.4 Å². The van der Waals surface area contributed by atoms with Gasteiger partial charge in [0.15, 0.2) is 6.61 Å². The molecule has 4 nitrogen and oxygen atoms in total. The van der Waals surface area contributed by atoms with Crippen molar-refractivity contribution >= 4 is 11.9 Å². The summed E-state index contributed by atoms with van der Waals surface area (Å²) < 4.78 is 30.5. The molecule has 1 aromatic rings. The Bertz CT molecular complexity index is 400. The predicted molar refractivity (Wildman–Crippen MR) is 50.7 cm³/mol. The Hall–Kier alpha value is -1.98. The number of likely N-dealkylation sites (N-methyl/N-ethyl adjacent to an activating group) is 1. The van der Waals surface area contributed by atoms with E-state index in [0.717, 1.165) is 18.2 Å². The molecule has 0 spiro atoms. The Balaban J connectivity index is 2.77. The van der Waals surface area contributed by atoms with Crippen LogP contribution >= 0.6 is 0 Å². The lowest BCUT2D eigenvalue weighted by molar-refractivity contribution is -0.123. The van der Waals surface area contributed by atoms with Crippen LogP contribution in [0.2, 0.25) is 0 Å². The van der Waals surface area contributed by atoms with E-state index in [1.54, 1.807) is 0 Å². The highest BCUT2D eigenvalue weighted by Gasteiger charge is 2.18. The summed E-state index contributed by atoms with van der Waals surface area (Å²) in [6.07, 6.45) is 0. The molecule has 0 aromatic heterocycles. The third-order valence-electron chi connectivity index (χ3n) is 1.78. The molecule has 0 radical (unpaired) electrons. The van der Waals surface area contributed by atoms with E-state index < -0.39 is 35.7 Å². The van der Waals surface area contributed by atoms with Crippen LogP contribution in [0.25, 0.3) is 0 Å². The van der Waals surface area contributed by atoms with Gasteiger partial charge in [0.1, 0.15) is 17.2 Å². The van der Waals surface area contributed by atoms with Gasteiger partial charge in [-0.1, -0.05) is 6.07 Å². The summed E-state index contributed by atoms with van der Waals surface area (Å²) in [7, 11) is 1.35. The maximum Gasteiger partial charge on any atom is 0.344 e. The molecule has 1 aromatic carbocycles. The fraction of sp³-hybridized carbons (Fsp3) is 0.200. The van der Waals surface area contributed by atoms with Gasteiger partial charge in [-0.15, -0.1) is 0 Å². The summed E-state index contributed by atoms with van der Waals surface area (Å²) in [4.78, 5) is 22.0. The molecule has 6 heteroatoms. The molecule has 0 atom stereocenters. The van der Waals surface area contributed by atoms with E-state index in [4.69, 9.17) is 0 Å². The van der Waals surface area contributed by atoms with E-state index in [9.17, 15) is 18.4 Å². The van der Waals surface area contributed by atoms with Gasteiger partial charge in [0.2, 0.25) is 0 Å². The second kappa shape index (κ2) is 5.20. The molecule has 1 amide bonds. The average Bonchev–Trinajstić information content (AvgIpc) is 2.25. The number of carbonyl (C=O) groups is 2. The molecule has 86 valence electrons. The van der Waals surface area contributed by atoms with E-state index >= 15 is 0 Å². The van der Waals surface area contributed by atoms with Crippen molar-refractivity contribution in [3.8, 4) is 0 Å². The molecule has 0 aliphatic heterocycles. The molecule has 0 bridgehead atoms. The summed E-state index contributed by atoms with van der Waals surface area (Å²) in [5, 5.41) is 2.20. The van der Waals surface area contributed by atoms with E-state index in [1.165, 1.54) is 7.05 Å². The molecule has 0 fully saturated rings. The predicted octanol–water partition coefficient (Wildman–Crippen LogP) is 0.868. The topological polar surface area (TPSA) is 55.4 Å². The highest BCUT2D eigenvalue weighted by molar-refractivity contribution is 5.91. The van der Waals surface area contributed by atoms with Crippen LogP contribution in [0.5, 0.6) is 0 Å². The SMILES string of the molecule is CNC(=O)COC(=O)c1c(F)cccc1F. The summed E-state index contributed by atoms with van der Waals surface area (Å²) in [6.45, 7) is -0.580. The van der Waals surface area contributed by atoms with Gasteiger partial charge < -0.3 is 10.1 Å². The van der Waals surface area contributed by atoms with Crippen molar-refractivity contribution in [1.29, 1.82) is 0 Å².